The van der Waals surface area contributed by atoms with Crippen LogP contribution < -0.4 is 5.32 Å². The number of nitrogens with one attached hydrogen (secondary N) is 1. The summed E-state index contributed by atoms with van der Waals surface area (Å²) < 4.78 is 0. The summed E-state index contributed by atoms with van der Waals surface area (Å²) in [6.45, 7) is 2.88. The van der Waals surface area contributed by atoms with Crippen LogP contribution in [0, 0.1) is 0 Å². The molecule has 0 aromatic heterocycles. The molecule has 2 aliphatic heterocycles. The van der Waals surface area contributed by atoms with E-state index in [1.807, 2.05) is 17.0 Å². The fourth-order valence-electron chi connectivity index (χ4n) is 2.98. The molecule has 3 nitrogen and oxygen atoms in total. The Morgan fingerprint density at radius 2 is 1.94 bits per heavy atom. The summed E-state index contributed by atoms with van der Waals surface area (Å²) in [6.07, 6.45) is 5.71. The van der Waals surface area contributed by atoms with Gasteiger partial charge in [0.05, 0.1) is 0 Å². The summed E-state index contributed by atoms with van der Waals surface area (Å²) >= 11 is 0. The first-order valence-electron chi connectivity index (χ1n) is 7.01. The summed E-state index contributed by atoms with van der Waals surface area (Å²) in [5, 5.41) is 3.39. The molecule has 1 N–H and O–H groups in total. The molecule has 1 fully saturated rings. The largest absolute Gasteiger partial charge is 0.385 e. The molecule has 1 amide bonds. The van der Waals surface area contributed by atoms with Crippen molar-refractivity contribution in [3.05, 3.63) is 29.3 Å². The molecule has 0 spiro atoms. The lowest BCUT2D eigenvalue weighted by Gasteiger charge is -2.29. The minimum Gasteiger partial charge on any atom is -0.385 e. The first-order valence-corrected chi connectivity index (χ1v) is 7.01. The van der Waals surface area contributed by atoms with Gasteiger partial charge in [-0.05, 0) is 49.8 Å². The molecule has 3 heteroatoms. The SMILES string of the molecule is O=C(c1cccc2c1CCCN2)N1CCCCC1. The second kappa shape index (κ2) is 5.01. The van der Waals surface area contributed by atoms with Crippen molar-refractivity contribution < 1.29 is 4.79 Å². The molecule has 1 aromatic rings. The minimum absolute atomic E-state index is 0.232. The maximum Gasteiger partial charge on any atom is 0.254 e. The van der Waals surface area contributed by atoms with E-state index in [0.717, 1.165) is 56.6 Å². The third-order valence-electron chi connectivity index (χ3n) is 3.97. The Morgan fingerprint density at radius 3 is 2.78 bits per heavy atom. The maximum atomic E-state index is 12.6. The summed E-state index contributed by atoms with van der Waals surface area (Å²) in [7, 11) is 0. The second-order valence-corrected chi connectivity index (χ2v) is 5.21. The Kier molecular flexibility index (Phi) is 3.22. The van der Waals surface area contributed by atoms with Crippen molar-refractivity contribution in [1.29, 1.82) is 0 Å². The number of hydrogen-bond acceptors (Lipinski definition) is 2. The number of carbonyl (C=O) groups excluding carboxylic acids is 1. The van der Waals surface area contributed by atoms with Gasteiger partial charge in [-0.1, -0.05) is 6.07 Å². The molecule has 18 heavy (non-hydrogen) atoms. The molecule has 96 valence electrons. The number of amides is 1. The van der Waals surface area contributed by atoms with Gasteiger partial charge in [-0.25, -0.2) is 0 Å². The number of rotatable bonds is 1. The molecule has 2 aliphatic rings. The van der Waals surface area contributed by atoms with Gasteiger partial charge in [0.15, 0.2) is 0 Å². The number of carbonyl (C=O) groups is 1. The Balaban J connectivity index is 1.89. The predicted molar refractivity (Wildman–Crippen MR) is 73.0 cm³/mol. The average molecular weight is 244 g/mol. The van der Waals surface area contributed by atoms with E-state index in [1.165, 1.54) is 12.0 Å². The van der Waals surface area contributed by atoms with Gasteiger partial charge in [0.2, 0.25) is 0 Å². The van der Waals surface area contributed by atoms with Gasteiger partial charge >= 0.3 is 0 Å². The van der Waals surface area contributed by atoms with Gasteiger partial charge in [0, 0.05) is 30.9 Å². The zero-order valence-electron chi connectivity index (χ0n) is 10.7. The number of benzene rings is 1. The van der Waals surface area contributed by atoms with Crippen molar-refractivity contribution in [1.82, 2.24) is 4.90 Å². The fourth-order valence-corrected chi connectivity index (χ4v) is 2.98. The van der Waals surface area contributed by atoms with Crippen LogP contribution in [0.3, 0.4) is 0 Å². The second-order valence-electron chi connectivity index (χ2n) is 5.21. The van der Waals surface area contributed by atoms with E-state index in [0.29, 0.717) is 0 Å². The number of anilines is 1. The van der Waals surface area contributed by atoms with Crippen molar-refractivity contribution in [3.8, 4) is 0 Å². The number of piperidine rings is 1. The quantitative estimate of drug-likeness (QED) is 0.823. The molecule has 0 atom stereocenters. The van der Waals surface area contributed by atoms with Crippen LogP contribution in [0.15, 0.2) is 18.2 Å². The molecular formula is C15H20N2O. The molecular weight excluding hydrogens is 224 g/mol. The zero-order chi connectivity index (χ0) is 12.4. The lowest BCUT2D eigenvalue weighted by molar-refractivity contribution is 0.0723. The highest BCUT2D eigenvalue weighted by molar-refractivity contribution is 5.97. The molecule has 0 radical (unpaired) electrons. The van der Waals surface area contributed by atoms with Crippen LogP contribution in [-0.4, -0.2) is 30.4 Å². The highest BCUT2D eigenvalue weighted by Gasteiger charge is 2.22. The van der Waals surface area contributed by atoms with Gasteiger partial charge < -0.3 is 10.2 Å². The van der Waals surface area contributed by atoms with Gasteiger partial charge in [-0.15, -0.1) is 0 Å². The van der Waals surface area contributed by atoms with Crippen LogP contribution in [0.5, 0.6) is 0 Å². The predicted octanol–water partition coefficient (Wildman–Crippen LogP) is 2.67. The lowest BCUT2D eigenvalue weighted by atomic mass is 9.96. The van der Waals surface area contributed by atoms with E-state index in [-0.39, 0.29) is 5.91 Å². The van der Waals surface area contributed by atoms with Crippen LogP contribution in [0.2, 0.25) is 0 Å². The first-order chi connectivity index (χ1) is 8.86. The Hall–Kier alpha value is -1.51. The van der Waals surface area contributed by atoms with Crippen molar-refractivity contribution in [2.45, 2.75) is 32.1 Å². The van der Waals surface area contributed by atoms with Gasteiger partial charge in [0.1, 0.15) is 0 Å². The molecule has 1 saturated heterocycles. The molecule has 0 bridgehead atoms. The van der Waals surface area contributed by atoms with Crippen LogP contribution in [0.1, 0.15) is 41.6 Å². The monoisotopic (exact) mass is 244 g/mol. The number of fused-ring (bicyclic) bond motifs is 1. The first kappa shape index (κ1) is 11.6. The maximum absolute atomic E-state index is 12.6. The Labute approximate surface area is 108 Å². The number of likely N-dealkylation sites (tertiary alicyclic amines) is 1. The van der Waals surface area contributed by atoms with Gasteiger partial charge in [0.25, 0.3) is 5.91 Å². The van der Waals surface area contributed by atoms with Crippen molar-refractivity contribution >= 4 is 11.6 Å². The summed E-state index contributed by atoms with van der Waals surface area (Å²) in [6, 6.07) is 6.07. The standard InChI is InChI=1S/C15H20N2O/c18-15(17-10-2-1-3-11-17)13-6-4-8-14-12(13)7-5-9-16-14/h4,6,8,16H,1-3,5,7,9-11H2. The van der Waals surface area contributed by atoms with Crippen molar-refractivity contribution in [2.75, 3.05) is 25.0 Å². The molecule has 3 rings (SSSR count). The van der Waals surface area contributed by atoms with Crippen LogP contribution in [-0.2, 0) is 6.42 Å². The van der Waals surface area contributed by atoms with Crippen molar-refractivity contribution in [3.63, 3.8) is 0 Å². The topological polar surface area (TPSA) is 32.3 Å². The summed E-state index contributed by atoms with van der Waals surface area (Å²) in [5.74, 6) is 0.232. The Bertz CT molecular complexity index is 450. The smallest absolute Gasteiger partial charge is 0.254 e. The van der Waals surface area contributed by atoms with Gasteiger partial charge in [-0.2, -0.15) is 0 Å². The third-order valence-corrected chi connectivity index (χ3v) is 3.97. The van der Waals surface area contributed by atoms with E-state index >= 15 is 0 Å². The van der Waals surface area contributed by atoms with Crippen molar-refractivity contribution in [2.24, 2.45) is 0 Å². The molecule has 0 aliphatic carbocycles. The van der Waals surface area contributed by atoms with Crippen LogP contribution in [0.25, 0.3) is 0 Å². The molecule has 2 heterocycles. The van der Waals surface area contributed by atoms with E-state index in [1.54, 1.807) is 0 Å². The highest BCUT2D eigenvalue weighted by atomic mass is 16.2. The zero-order valence-corrected chi connectivity index (χ0v) is 10.7. The van der Waals surface area contributed by atoms with E-state index in [9.17, 15) is 4.79 Å². The highest BCUT2D eigenvalue weighted by Crippen LogP contribution is 2.26. The molecule has 1 aromatic carbocycles. The number of hydrogen-bond donors (Lipinski definition) is 1. The lowest BCUT2D eigenvalue weighted by Crippen LogP contribution is -2.36. The fraction of sp³-hybridized carbons (Fsp3) is 0.533. The van der Waals surface area contributed by atoms with Crippen LogP contribution in [0.4, 0.5) is 5.69 Å². The number of nitrogens with zero attached hydrogens (tertiary/aromatic N) is 1. The normalized spacial score (nSPS) is 19.0. The summed E-state index contributed by atoms with van der Waals surface area (Å²) in [4.78, 5) is 14.6. The van der Waals surface area contributed by atoms with Crippen LogP contribution >= 0.6 is 0 Å². The van der Waals surface area contributed by atoms with E-state index in [2.05, 4.69) is 11.4 Å². The minimum atomic E-state index is 0.232. The van der Waals surface area contributed by atoms with E-state index < -0.39 is 0 Å². The van der Waals surface area contributed by atoms with E-state index in [4.69, 9.17) is 0 Å². The summed E-state index contributed by atoms with van der Waals surface area (Å²) in [5.41, 5.74) is 3.30. The molecule has 0 saturated carbocycles. The molecule has 0 unspecified atom stereocenters. The van der Waals surface area contributed by atoms with Gasteiger partial charge in [-0.3, -0.25) is 4.79 Å². The Morgan fingerprint density at radius 1 is 1.11 bits per heavy atom. The third kappa shape index (κ3) is 2.09. The average Bonchev–Trinajstić information content (AvgIpc) is 2.47.